The first-order chi connectivity index (χ1) is 8.77. The second-order valence-corrected chi connectivity index (χ2v) is 9.13. The van der Waals surface area contributed by atoms with E-state index in [1.807, 2.05) is 23.5 Å². The molecule has 1 aromatic heterocycles. The van der Waals surface area contributed by atoms with Crippen LogP contribution in [0.1, 0.15) is 51.4 Å². The average molecular weight is 298 g/mol. The van der Waals surface area contributed by atoms with Gasteiger partial charge in [-0.1, -0.05) is 34.6 Å². The van der Waals surface area contributed by atoms with Crippen molar-refractivity contribution in [2.45, 2.75) is 55.8 Å². The van der Waals surface area contributed by atoms with E-state index in [1.54, 1.807) is 6.07 Å². The fourth-order valence-corrected chi connectivity index (χ4v) is 4.81. The van der Waals surface area contributed by atoms with Gasteiger partial charge < -0.3 is 4.98 Å². The second-order valence-electron chi connectivity index (χ2n) is 6.13. The van der Waals surface area contributed by atoms with Gasteiger partial charge in [-0.25, -0.2) is 4.98 Å². The van der Waals surface area contributed by atoms with Crippen LogP contribution in [0.4, 0.5) is 0 Å². The van der Waals surface area contributed by atoms with Gasteiger partial charge in [-0.15, -0.1) is 11.8 Å². The normalized spacial score (nSPS) is 28.4. The minimum Gasteiger partial charge on any atom is -0.310 e. The Labute approximate surface area is 123 Å². The zero-order chi connectivity index (χ0) is 14.2. The van der Waals surface area contributed by atoms with Gasteiger partial charge in [0.1, 0.15) is 5.82 Å². The molecule has 1 N–H and O–H groups in total. The molecule has 3 atom stereocenters. The summed E-state index contributed by atoms with van der Waals surface area (Å²) >= 11 is 3.89. The van der Waals surface area contributed by atoms with Crippen molar-refractivity contribution < 1.29 is 0 Å². The first-order valence-corrected chi connectivity index (χ1v) is 8.65. The van der Waals surface area contributed by atoms with Crippen LogP contribution in [0.25, 0.3) is 0 Å². The van der Waals surface area contributed by atoms with E-state index in [0.29, 0.717) is 15.7 Å². The predicted molar refractivity (Wildman–Crippen MR) is 85.3 cm³/mol. The minimum absolute atomic E-state index is 0.0354. The topological polar surface area (TPSA) is 45.8 Å². The SMILES string of the molecule is CC1SCC(c2nc(C(C)(C)C)cc(=O)[nH]2)SC1C. The number of aromatic amines is 1. The van der Waals surface area contributed by atoms with Crippen molar-refractivity contribution in [3.8, 4) is 0 Å². The van der Waals surface area contributed by atoms with Gasteiger partial charge in [-0.2, -0.15) is 11.8 Å². The first kappa shape index (κ1) is 15.0. The molecule has 0 amide bonds. The smallest absolute Gasteiger partial charge is 0.251 e. The molecule has 0 aliphatic carbocycles. The molecular weight excluding hydrogens is 276 g/mol. The lowest BCUT2D eigenvalue weighted by Gasteiger charge is -2.31. The summed E-state index contributed by atoms with van der Waals surface area (Å²) in [7, 11) is 0. The Balaban J connectivity index is 2.30. The van der Waals surface area contributed by atoms with Crippen LogP contribution in [0.2, 0.25) is 0 Å². The van der Waals surface area contributed by atoms with Crippen molar-refractivity contribution in [2.75, 3.05) is 5.75 Å². The number of nitrogens with one attached hydrogen (secondary N) is 1. The molecule has 1 fully saturated rings. The number of rotatable bonds is 1. The molecule has 0 bridgehead atoms. The molecule has 0 radical (unpaired) electrons. The van der Waals surface area contributed by atoms with Crippen molar-refractivity contribution in [1.29, 1.82) is 0 Å². The Hall–Kier alpha value is -0.420. The molecule has 106 valence electrons. The van der Waals surface area contributed by atoms with Crippen LogP contribution < -0.4 is 5.56 Å². The largest absolute Gasteiger partial charge is 0.310 e. The Morgan fingerprint density at radius 3 is 2.58 bits per heavy atom. The van der Waals surface area contributed by atoms with Crippen LogP contribution in [0, 0.1) is 0 Å². The summed E-state index contributed by atoms with van der Waals surface area (Å²) in [5.41, 5.74) is 0.754. The fourth-order valence-electron chi connectivity index (χ4n) is 1.94. The highest BCUT2D eigenvalue weighted by atomic mass is 32.2. The van der Waals surface area contributed by atoms with Crippen molar-refractivity contribution in [3.63, 3.8) is 0 Å². The van der Waals surface area contributed by atoms with Crippen LogP contribution in [0.3, 0.4) is 0 Å². The van der Waals surface area contributed by atoms with Gasteiger partial charge >= 0.3 is 0 Å². The lowest BCUT2D eigenvalue weighted by Crippen LogP contribution is -2.26. The Morgan fingerprint density at radius 2 is 2.00 bits per heavy atom. The van der Waals surface area contributed by atoms with E-state index >= 15 is 0 Å². The van der Waals surface area contributed by atoms with Crippen molar-refractivity contribution in [3.05, 3.63) is 27.9 Å². The third-order valence-corrected chi connectivity index (χ3v) is 6.78. The molecular formula is C14H22N2OS2. The summed E-state index contributed by atoms with van der Waals surface area (Å²) in [6.45, 7) is 10.8. The second kappa shape index (κ2) is 5.52. The highest BCUT2D eigenvalue weighted by Gasteiger charge is 2.29. The molecule has 0 spiro atoms. The number of nitrogens with zero attached hydrogens (tertiary/aromatic N) is 1. The molecule has 5 heteroatoms. The number of hydrogen-bond donors (Lipinski definition) is 1. The maximum Gasteiger partial charge on any atom is 0.251 e. The number of hydrogen-bond acceptors (Lipinski definition) is 4. The van der Waals surface area contributed by atoms with Gasteiger partial charge in [0.2, 0.25) is 0 Å². The van der Waals surface area contributed by atoms with Crippen LogP contribution in [-0.4, -0.2) is 26.2 Å². The van der Waals surface area contributed by atoms with E-state index in [1.165, 1.54) is 0 Å². The Kier molecular flexibility index (Phi) is 4.35. The number of H-pyrrole nitrogens is 1. The maximum atomic E-state index is 11.8. The lowest BCUT2D eigenvalue weighted by atomic mass is 9.92. The maximum absolute atomic E-state index is 11.8. The fraction of sp³-hybridized carbons (Fsp3) is 0.714. The molecule has 1 aromatic rings. The summed E-state index contributed by atoms with van der Waals surface area (Å²) in [4.78, 5) is 19.5. The molecule has 2 heterocycles. The van der Waals surface area contributed by atoms with Crippen LogP contribution in [-0.2, 0) is 5.41 Å². The van der Waals surface area contributed by atoms with Gasteiger partial charge in [0, 0.05) is 27.7 Å². The molecule has 2 rings (SSSR count). The van der Waals surface area contributed by atoms with Crippen LogP contribution >= 0.6 is 23.5 Å². The molecule has 3 nitrogen and oxygen atoms in total. The summed E-state index contributed by atoms with van der Waals surface area (Å²) in [6, 6.07) is 1.62. The molecule has 19 heavy (non-hydrogen) atoms. The quantitative estimate of drug-likeness (QED) is 0.863. The molecule has 0 saturated carbocycles. The zero-order valence-corrected chi connectivity index (χ0v) is 13.8. The first-order valence-electron chi connectivity index (χ1n) is 6.66. The van der Waals surface area contributed by atoms with E-state index < -0.39 is 0 Å². The molecule has 1 aliphatic rings. The minimum atomic E-state index is -0.0889. The van der Waals surface area contributed by atoms with E-state index in [-0.39, 0.29) is 11.0 Å². The highest BCUT2D eigenvalue weighted by Crippen LogP contribution is 2.43. The van der Waals surface area contributed by atoms with E-state index in [9.17, 15) is 4.79 Å². The van der Waals surface area contributed by atoms with Gasteiger partial charge in [-0.3, -0.25) is 4.79 Å². The Morgan fingerprint density at radius 1 is 1.32 bits per heavy atom. The lowest BCUT2D eigenvalue weighted by molar-refractivity contribution is 0.560. The van der Waals surface area contributed by atoms with E-state index in [2.05, 4.69) is 39.6 Å². The molecule has 0 aromatic carbocycles. The third kappa shape index (κ3) is 3.57. The Bertz CT molecular complexity index is 507. The number of aromatic nitrogens is 2. The zero-order valence-electron chi connectivity index (χ0n) is 12.2. The van der Waals surface area contributed by atoms with E-state index in [0.717, 1.165) is 17.3 Å². The number of thioether (sulfide) groups is 2. The monoisotopic (exact) mass is 298 g/mol. The molecule has 1 aliphatic heterocycles. The summed E-state index contributed by atoms with van der Waals surface area (Å²) in [5, 5.41) is 1.55. The van der Waals surface area contributed by atoms with Gasteiger partial charge in [-0.05, 0) is 0 Å². The van der Waals surface area contributed by atoms with Gasteiger partial charge in [0.25, 0.3) is 5.56 Å². The van der Waals surface area contributed by atoms with Gasteiger partial charge in [0.05, 0.1) is 10.9 Å². The molecule has 3 unspecified atom stereocenters. The summed E-state index contributed by atoms with van der Waals surface area (Å²) in [5.74, 6) is 1.86. The van der Waals surface area contributed by atoms with Crippen LogP contribution in [0.5, 0.6) is 0 Å². The summed E-state index contributed by atoms with van der Waals surface area (Å²) in [6.07, 6.45) is 0. The molecule has 1 saturated heterocycles. The van der Waals surface area contributed by atoms with Crippen molar-refractivity contribution in [1.82, 2.24) is 9.97 Å². The highest BCUT2D eigenvalue weighted by molar-refractivity contribution is 8.07. The summed E-state index contributed by atoms with van der Waals surface area (Å²) < 4.78 is 0. The predicted octanol–water partition coefficient (Wildman–Crippen LogP) is 3.37. The van der Waals surface area contributed by atoms with E-state index in [4.69, 9.17) is 4.98 Å². The average Bonchev–Trinajstić information content (AvgIpc) is 2.31. The van der Waals surface area contributed by atoms with Gasteiger partial charge in [0.15, 0.2) is 0 Å². The van der Waals surface area contributed by atoms with Crippen molar-refractivity contribution >= 4 is 23.5 Å². The van der Waals surface area contributed by atoms with Crippen LogP contribution in [0.15, 0.2) is 10.9 Å². The van der Waals surface area contributed by atoms with Crippen molar-refractivity contribution in [2.24, 2.45) is 0 Å². The standard InChI is InChI=1S/C14H22N2OS2/c1-8-9(2)19-10(7-18-8)13-15-11(14(3,4)5)6-12(17)16-13/h6,8-10H,7H2,1-5H3,(H,15,16,17). The third-order valence-electron chi connectivity index (χ3n) is 3.38.